The number of benzene rings is 2. The third kappa shape index (κ3) is 4.83. The van der Waals surface area contributed by atoms with Crippen LogP contribution in [0.25, 0.3) is 11.0 Å². The van der Waals surface area contributed by atoms with E-state index in [1.54, 1.807) is 0 Å². The maximum absolute atomic E-state index is 10.4. The highest BCUT2D eigenvalue weighted by Crippen LogP contribution is 2.25. The molecule has 0 aliphatic rings. The zero-order valence-electron chi connectivity index (χ0n) is 14.2. The molecule has 3 atom stereocenters. The first-order valence-corrected chi connectivity index (χ1v) is 8.38. The zero-order chi connectivity index (χ0) is 16.9. The summed E-state index contributed by atoms with van der Waals surface area (Å²) in [7, 11) is 0. The van der Waals surface area contributed by atoms with E-state index in [1.807, 2.05) is 67.6 Å². The molecule has 0 saturated carbocycles. The summed E-state index contributed by atoms with van der Waals surface area (Å²) in [4.78, 5) is 0. The highest BCUT2D eigenvalue weighted by Gasteiger charge is 2.20. The fraction of sp³-hybridized carbons (Fsp3) is 0.300. The summed E-state index contributed by atoms with van der Waals surface area (Å²) >= 11 is 0. The number of aliphatic hydroxyl groups excluding tert-OH is 2. The average molecular weight is 362 g/mol. The molecular formula is C20H24ClNO3. The minimum Gasteiger partial charge on any atom is -1.00 e. The van der Waals surface area contributed by atoms with E-state index < -0.39 is 12.2 Å². The van der Waals surface area contributed by atoms with E-state index in [4.69, 9.17) is 4.42 Å². The van der Waals surface area contributed by atoms with Crippen molar-refractivity contribution in [2.45, 2.75) is 31.6 Å². The lowest BCUT2D eigenvalue weighted by molar-refractivity contribution is -0.695. The quantitative estimate of drug-likeness (QED) is 0.533. The summed E-state index contributed by atoms with van der Waals surface area (Å²) in [6.07, 6.45) is -0.574. The van der Waals surface area contributed by atoms with Gasteiger partial charge < -0.3 is 32.4 Å². The fourth-order valence-electron chi connectivity index (χ4n) is 2.91. The molecule has 0 fully saturated rings. The van der Waals surface area contributed by atoms with Crippen LogP contribution in [0.1, 0.15) is 36.9 Å². The molecular weight excluding hydrogens is 338 g/mol. The average Bonchev–Trinajstić information content (AvgIpc) is 3.06. The first-order valence-electron chi connectivity index (χ1n) is 8.38. The Bertz CT molecular complexity index is 742. The largest absolute Gasteiger partial charge is 1.00 e. The molecule has 1 heterocycles. The van der Waals surface area contributed by atoms with Crippen molar-refractivity contribution in [1.29, 1.82) is 0 Å². The third-order valence-corrected chi connectivity index (χ3v) is 4.39. The number of para-hydroxylation sites is 1. The van der Waals surface area contributed by atoms with Crippen LogP contribution in [-0.4, -0.2) is 22.8 Å². The van der Waals surface area contributed by atoms with Crippen LogP contribution in [0.2, 0.25) is 0 Å². The van der Waals surface area contributed by atoms with Crippen molar-refractivity contribution in [3.8, 4) is 0 Å². The summed E-state index contributed by atoms with van der Waals surface area (Å²) in [5.41, 5.74) is 1.71. The van der Waals surface area contributed by atoms with Gasteiger partial charge in [0.1, 0.15) is 29.6 Å². The minimum atomic E-state index is -0.630. The van der Waals surface area contributed by atoms with Crippen molar-refractivity contribution < 1.29 is 32.4 Å². The zero-order valence-corrected chi connectivity index (χ0v) is 14.9. The van der Waals surface area contributed by atoms with Crippen LogP contribution in [0.4, 0.5) is 0 Å². The Morgan fingerprint density at radius 3 is 2.40 bits per heavy atom. The Balaban J connectivity index is 0.00000225. The number of rotatable bonds is 7. The molecule has 2 aromatic carbocycles. The summed E-state index contributed by atoms with van der Waals surface area (Å²) in [6.45, 7) is 2.70. The van der Waals surface area contributed by atoms with Gasteiger partial charge in [-0.25, -0.2) is 0 Å². The van der Waals surface area contributed by atoms with Crippen molar-refractivity contribution in [2.24, 2.45) is 0 Å². The fourth-order valence-corrected chi connectivity index (χ4v) is 2.91. The Labute approximate surface area is 153 Å². The summed E-state index contributed by atoms with van der Waals surface area (Å²) in [5.74, 6) is 0.598. The number of nitrogens with two attached hydrogens (primary N) is 1. The Hall–Kier alpha value is -1.85. The summed E-state index contributed by atoms with van der Waals surface area (Å²) in [5, 5.41) is 23.7. The molecule has 0 aliphatic carbocycles. The Morgan fingerprint density at radius 2 is 1.68 bits per heavy atom. The van der Waals surface area contributed by atoms with E-state index in [2.05, 4.69) is 5.32 Å². The van der Waals surface area contributed by atoms with Crippen molar-refractivity contribution in [2.75, 3.05) is 6.54 Å². The van der Waals surface area contributed by atoms with Gasteiger partial charge in [0.2, 0.25) is 0 Å². The van der Waals surface area contributed by atoms with Crippen molar-refractivity contribution >= 4 is 11.0 Å². The number of aliphatic hydroxyl groups is 2. The lowest BCUT2D eigenvalue weighted by atomic mass is 10.0. The van der Waals surface area contributed by atoms with E-state index in [0.717, 1.165) is 16.5 Å². The van der Waals surface area contributed by atoms with Crippen molar-refractivity contribution in [3.05, 3.63) is 72.0 Å². The van der Waals surface area contributed by atoms with Gasteiger partial charge in [-0.05, 0) is 24.6 Å². The van der Waals surface area contributed by atoms with E-state index >= 15 is 0 Å². The monoisotopic (exact) mass is 361 g/mol. The van der Waals surface area contributed by atoms with Crippen LogP contribution in [0.15, 0.2) is 65.1 Å². The molecule has 4 N–H and O–H groups in total. The first-order chi connectivity index (χ1) is 11.6. The highest BCUT2D eigenvalue weighted by molar-refractivity contribution is 5.77. The molecule has 0 spiro atoms. The number of furan rings is 1. The van der Waals surface area contributed by atoms with Crippen LogP contribution >= 0.6 is 0 Å². The predicted octanol–water partition coefficient (Wildman–Crippen LogP) is -0.454. The van der Waals surface area contributed by atoms with E-state index in [0.29, 0.717) is 18.7 Å². The lowest BCUT2D eigenvalue weighted by Gasteiger charge is -2.18. The first kappa shape index (κ1) is 19.5. The summed E-state index contributed by atoms with van der Waals surface area (Å²) in [6, 6.07) is 19.3. The molecule has 0 bridgehead atoms. The van der Waals surface area contributed by atoms with Gasteiger partial charge in [-0.3, -0.25) is 0 Å². The van der Waals surface area contributed by atoms with Crippen molar-refractivity contribution in [3.63, 3.8) is 0 Å². The lowest BCUT2D eigenvalue weighted by Crippen LogP contribution is -3.00. The Kier molecular flexibility index (Phi) is 7.02. The molecule has 1 aromatic heterocycles. The van der Waals surface area contributed by atoms with Gasteiger partial charge in [-0.2, -0.15) is 0 Å². The van der Waals surface area contributed by atoms with Crippen molar-refractivity contribution in [1.82, 2.24) is 0 Å². The maximum atomic E-state index is 10.4. The molecule has 4 nitrogen and oxygen atoms in total. The SMILES string of the molecule is CC([NH2+]CCC(O)c1cc2ccccc2o1)C(O)c1ccccc1.[Cl-]. The van der Waals surface area contributed by atoms with Gasteiger partial charge in [-0.1, -0.05) is 48.5 Å². The minimum absolute atomic E-state index is 0. The van der Waals surface area contributed by atoms with Crippen LogP contribution in [-0.2, 0) is 0 Å². The van der Waals surface area contributed by atoms with Gasteiger partial charge in [0.05, 0.1) is 6.54 Å². The van der Waals surface area contributed by atoms with Crippen LogP contribution in [0.3, 0.4) is 0 Å². The van der Waals surface area contributed by atoms with E-state index in [9.17, 15) is 10.2 Å². The summed E-state index contributed by atoms with van der Waals surface area (Å²) < 4.78 is 5.69. The van der Waals surface area contributed by atoms with Crippen LogP contribution in [0.5, 0.6) is 0 Å². The number of hydrogen-bond donors (Lipinski definition) is 3. The number of fused-ring (bicyclic) bond motifs is 1. The molecule has 0 amide bonds. The molecule has 5 heteroatoms. The Morgan fingerprint density at radius 1 is 1.00 bits per heavy atom. The van der Waals surface area contributed by atoms with E-state index in [1.165, 1.54) is 0 Å². The van der Waals surface area contributed by atoms with Gasteiger partial charge in [0, 0.05) is 11.8 Å². The molecule has 25 heavy (non-hydrogen) atoms. The normalized spacial score (nSPS) is 14.7. The van der Waals surface area contributed by atoms with Gasteiger partial charge in [0.25, 0.3) is 0 Å². The molecule has 3 rings (SSSR count). The second-order valence-corrected chi connectivity index (χ2v) is 6.23. The third-order valence-electron chi connectivity index (χ3n) is 4.39. The topological polar surface area (TPSA) is 70.2 Å². The molecule has 3 aromatic rings. The molecule has 3 unspecified atom stereocenters. The molecule has 0 radical (unpaired) electrons. The van der Waals surface area contributed by atoms with Gasteiger partial charge >= 0.3 is 0 Å². The maximum Gasteiger partial charge on any atom is 0.134 e. The smallest absolute Gasteiger partial charge is 0.134 e. The van der Waals surface area contributed by atoms with Crippen LogP contribution in [0, 0.1) is 0 Å². The van der Waals surface area contributed by atoms with Crippen LogP contribution < -0.4 is 17.7 Å². The predicted molar refractivity (Wildman–Crippen MR) is 93.4 cm³/mol. The second-order valence-electron chi connectivity index (χ2n) is 6.23. The number of hydrogen-bond acceptors (Lipinski definition) is 3. The van der Waals surface area contributed by atoms with E-state index in [-0.39, 0.29) is 18.4 Å². The molecule has 0 saturated heterocycles. The molecule has 134 valence electrons. The highest BCUT2D eigenvalue weighted by atomic mass is 35.5. The molecule has 0 aliphatic heterocycles. The standard InChI is InChI=1S/C20H23NO3.ClH/c1-14(20(23)15-7-3-2-4-8-15)21-12-11-17(22)19-13-16-9-5-6-10-18(16)24-19;/h2-10,13-14,17,20-23H,11-12H2,1H3;1H. The van der Waals surface area contributed by atoms with Gasteiger partial charge in [0.15, 0.2) is 0 Å². The number of halogens is 1. The second kappa shape index (κ2) is 9.02. The van der Waals surface area contributed by atoms with Gasteiger partial charge in [-0.15, -0.1) is 0 Å². The number of quaternary nitrogens is 1.